The zero-order valence-corrected chi connectivity index (χ0v) is 10.0. The molecular formula is C11H12BrN3. The number of fused-ring (bicyclic) bond motifs is 1. The van der Waals surface area contributed by atoms with Gasteiger partial charge in [0.15, 0.2) is 0 Å². The molecule has 3 nitrogen and oxygen atoms in total. The summed E-state index contributed by atoms with van der Waals surface area (Å²) >= 11 is 3.49. The van der Waals surface area contributed by atoms with Crippen LogP contribution in [-0.4, -0.2) is 4.98 Å². The minimum atomic E-state index is 0.694. The van der Waals surface area contributed by atoms with Crippen LogP contribution in [0.5, 0.6) is 0 Å². The maximum absolute atomic E-state index is 5.34. The Morgan fingerprint density at radius 2 is 2.20 bits per heavy atom. The number of halogens is 1. The standard InChI is InChI=1S/C11H12BrN3/c1-2-7-5-9(12)6-8-3-4-10(15-13)14-11(7)8/h3-6H,2,13H2,1H3,(H,14,15). The van der Waals surface area contributed by atoms with Gasteiger partial charge in [-0.15, -0.1) is 0 Å². The Hall–Kier alpha value is -1.13. The van der Waals surface area contributed by atoms with Crippen LogP contribution in [-0.2, 0) is 6.42 Å². The zero-order valence-electron chi connectivity index (χ0n) is 8.42. The summed E-state index contributed by atoms with van der Waals surface area (Å²) in [5, 5.41) is 1.13. The second kappa shape index (κ2) is 4.16. The molecule has 0 unspecified atom stereocenters. The second-order valence-electron chi connectivity index (χ2n) is 3.33. The monoisotopic (exact) mass is 265 g/mol. The van der Waals surface area contributed by atoms with E-state index in [4.69, 9.17) is 5.84 Å². The van der Waals surface area contributed by atoms with E-state index in [0.717, 1.165) is 21.8 Å². The van der Waals surface area contributed by atoms with Crippen molar-refractivity contribution in [1.82, 2.24) is 4.98 Å². The molecule has 0 spiro atoms. The predicted molar refractivity (Wildman–Crippen MR) is 66.6 cm³/mol. The van der Waals surface area contributed by atoms with Crippen molar-refractivity contribution in [1.29, 1.82) is 0 Å². The van der Waals surface area contributed by atoms with Crippen LogP contribution in [0.3, 0.4) is 0 Å². The van der Waals surface area contributed by atoms with E-state index in [1.165, 1.54) is 5.56 Å². The number of aryl methyl sites for hydroxylation is 1. The number of hydrazine groups is 1. The average Bonchev–Trinajstić information content (AvgIpc) is 2.27. The molecule has 78 valence electrons. The molecular weight excluding hydrogens is 254 g/mol. The van der Waals surface area contributed by atoms with E-state index in [-0.39, 0.29) is 0 Å². The summed E-state index contributed by atoms with van der Waals surface area (Å²) in [6, 6.07) is 8.03. The third kappa shape index (κ3) is 1.96. The molecule has 2 rings (SSSR count). The van der Waals surface area contributed by atoms with Gasteiger partial charge in [-0.2, -0.15) is 0 Å². The first-order valence-corrected chi connectivity index (χ1v) is 5.59. The van der Waals surface area contributed by atoms with E-state index in [1.807, 2.05) is 12.1 Å². The summed E-state index contributed by atoms with van der Waals surface area (Å²) in [4.78, 5) is 4.45. The quantitative estimate of drug-likeness (QED) is 0.649. The Kier molecular flexibility index (Phi) is 2.88. The Morgan fingerprint density at radius 1 is 1.40 bits per heavy atom. The van der Waals surface area contributed by atoms with Gasteiger partial charge in [-0.25, -0.2) is 10.8 Å². The molecule has 0 saturated heterocycles. The number of anilines is 1. The molecule has 2 aromatic rings. The number of rotatable bonds is 2. The van der Waals surface area contributed by atoms with Crippen molar-refractivity contribution in [2.45, 2.75) is 13.3 Å². The molecule has 1 heterocycles. The minimum absolute atomic E-state index is 0.694. The number of nitrogens with zero attached hydrogens (tertiary/aromatic N) is 1. The van der Waals surface area contributed by atoms with Crippen molar-refractivity contribution in [3.05, 3.63) is 34.3 Å². The fourth-order valence-electron chi connectivity index (χ4n) is 1.62. The number of nitrogen functional groups attached to an aromatic ring is 1. The normalized spacial score (nSPS) is 10.6. The average molecular weight is 266 g/mol. The van der Waals surface area contributed by atoms with Crippen LogP contribution in [0.15, 0.2) is 28.7 Å². The fraction of sp³-hybridized carbons (Fsp3) is 0.182. The first-order valence-electron chi connectivity index (χ1n) is 4.80. The Morgan fingerprint density at radius 3 is 2.87 bits per heavy atom. The molecule has 0 saturated carbocycles. The maximum atomic E-state index is 5.34. The summed E-state index contributed by atoms with van der Waals surface area (Å²) in [7, 11) is 0. The highest BCUT2D eigenvalue weighted by molar-refractivity contribution is 9.10. The Labute approximate surface area is 96.8 Å². The van der Waals surface area contributed by atoms with Crippen LogP contribution in [0.2, 0.25) is 0 Å². The molecule has 4 heteroatoms. The van der Waals surface area contributed by atoms with E-state index < -0.39 is 0 Å². The lowest BCUT2D eigenvalue weighted by Gasteiger charge is -2.06. The summed E-state index contributed by atoms with van der Waals surface area (Å²) in [5.41, 5.74) is 4.79. The van der Waals surface area contributed by atoms with Gasteiger partial charge in [-0.3, -0.25) is 0 Å². The van der Waals surface area contributed by atoms with Gasteiger partial charge in [0.05, 0.1) is 5.52 Å². The van der Waals surface area contributed by atoms with Crippen LogP contribution in [0.4, 0.5) is 5.82 Å². The second-order valence-corrected chi connectivity index (χ2v) is 4.25. The van der Waals surface area contributed by atoms with E-state index in [1.54, 1.807) is 0 Å². The predicted octanol–water partition coefficient (Wildman–Crippen LogP) is 2.85. The Bertz CT molecular complexity index is 496. The van der Waals surface area contributed by atoms with Crippen LogP contribution >= 0.6 is 15.9 Å². The van der Waals surface area contributed by atoms with E-state index in [0.29, 0.717) is 5.82 Å². The van der Waals surface area contributed by atoms with E-state index in [9.17, 15) is 0 Å². The molecule has 1 aromatic heterocycles. The fourth-order valence-corrected chi connectivity index (χ4v) is 2.14. The van der Waals surface area contributed by atoms with Gasteiger partial charge in [0.1, 0.15) is 5.82 Å². The Balaban J connectivity index is 2.73. The van der Waals surface area contributed by atoms with Gasteiger partial charge >= 0.3 is 0 Å². The molecule has 0 atom stereocenters. The highest BCUT2D eigenvalue weighted by Crippen LogP contribution is 2.24. The molecule has 0 aliphatic carbocycles. The van der Waals surface area contributed by atoms with Gasteiger partial charge in [0.25, 0.3) is 0 Å². The van der Waals surface area contributed by atoms with Crippen LogP contribution in [0, 0.1) is 0 Å². The first-order chi connectivity index (χ1) is 7.24. The lowest BCUT2D eigenvalue weighted by molar-refractivity contribution is 1.14. The summed E-state index contributed by atoms with van der Waals surface area (Å²) in [6.45, 7) is 2.12. The minimum Gasteiger partial charge on any atom is -0.308 e. The van der Waals surface area contributed by atoms with Crippen LogP contribution in [0.1, 0.15) is 12.5 Å². The topological polar surface area (TPSA) is 50.9 Å². The first kappa shape index (κ1) is 10.4. The highest BCUT2D eigenvalue weighted by atomic mass is 79.9. The van der Waals surface area contributed by atoms with Gasteiger partial charge in [-0.05, 0) is 36.2 Å². The number of aromatic nitrogens is 1. The molecule has 0 radical (unpaired) electrons. The highest BCUT2D eigenvalue weighted by Gasteiger charge is 2.04. The molecule has 3 N–H and O–H groups in total. The molecule has 0 amide bonds. The van der Waals surface area contributed by atoms with E-state index >= 15 is 0 Å². The van der Waals surface area contributed by atoms with Crippen molar-refractivity contribution in [2.24, 2.45) is 5.84 Å². The van der Waals surface area contributed by atoms with Crippen LogP contribution < -0.4 is 11.3 Å². The third-order valence-corrected chi connectivity index (χ3v) is 2.82. The number of pyridine rings is 1. The van der Waals surface area contributed by atoms with Crippen LogP contribution in [0.25, 0.3) is 10.9 Å². The summed E-state index contributed by atoms with van der Waals surface area (Å²) < 4.78 is 1.09. The van der Waals surface area contributed by atoms with Crippen molar-refractivity contribution in [3.8, 4) is 0 Å². The number of hydrogen-bond donors (Lipinski definition) is 2. The lowest BCUT2D eigenvalue weighted by Crippen LogP contribution is -2.08. The number of nitrogens with one attached hydrogen (secondary N) is 1. The van der Waals surface area contributed by atoms with Crippen molar-refractivity contribution >= 4 is 32.7 Å². The molecule has 0 fully saturated rings. The van der Waals surface area contributed by atoms with Crippen molar-refractivity contribution in [2.75, 3.05) is 5.43 Å². The van der Waals surface area contributed by atoms with E-state index in [2.05, 4.69) is 45.4 Å². The molecule has 1 aromatic carbocycles. The van der Waals surface area contributed by atoms with Crippen molar-refractivity contribution < 1.29 is 0 Å². The smallest absolute Gasteiger partial charge is 0.140 e. The molecule has 0 aliphatic rings. The molecule has 0 bridgehead atoms. The SMILES string of the molecule is CCc1cc(Br)cc2ccc(NN)nc12. The summed E-state index contributed by atoms with van der Waals surface area (Å²) in [5.74, 6) is 6.03. The number of benzene rings is 1. The number of nitrogens with two attached hydrogens (primary N) is 1. The van der Waals surface area contributed by atoms with Gasteiger partial charge in [0.2, 0.25) is 0 Å². The maximum Gasteiger partial charge on any atom is 0.140 e. The van der Waals surface area contributed by atoms with Gasteiger partial charge < -0.3 is 5.43 Å². The summed E-state index contributed by atoms with van der Waals surface area (Å²) in [6.07, 6.45) is 0.955. The number of hydrogen-bond acceptors (Lipinski definition) is 3. The largest absolute Gasteiger partial charge is 0.308 e. The lowest BCUT2D eigenvalue weighted by atomic mass is 10.1. The zero-order chi connectivity index (χ0) is 10.8. The van der Waals surface area contributed by atoms with Gasteiger partial charge in [-0.1, -0.05) is 22.9 Å². The van der Waals surface area contributed by atoms with Crippen molar-refractivity contribution in [3.63, 3.8) is 0 Å². The molecule has 15 heavy (non-hydrogen) atoms. The molecule has 0 aliphatic heterocycles. The third-order valence-electron chi connectivity index (χ3n) is 2.36. The van der Waals surface area contributed by atoms with Gasteiger partial charge in [0, 0.05) is 9.86 Å².